The lowest BCUT2D eigenvalue weighted by Crippen LogP contribution is -2.12. The van der Waals surface area contributed by atoms with Crippen molar-refractivity contribution in [3.63, 3.8) is 0 Å². The fourth-order valence-electron chi connectivity index (χ4n) is 1.97. The maximum absolute atomic E-state index is 5.49. The summed E-state index contributed by atoms with van der Waals surface area (Å²) in [5, 5.41) is 0.481. The maximum Gasteiger partial charge on any atom is 0.268 e. The quantitative estimate of drug-likeness (QED) is 0.564. The Labute approximate surface area is 121 Å². The van der Waals surface area contributed by atoms with E-state index in [1.807, 2.05) is 0 Å². The van der Waals surface area contributed by atoms with Crippen LogP contribution in [0.15, 0.2) is 18.7 Å². The molecule has 4 heteroatoms. The number of unbranched alkanes of at least 4 members (excludes halogenated alkanes) is 3. The van der Waals surface area contributed by atoms with E-state index in [9.17, 15) is 0 Å². The van der Waals surface area contributed by atoms with Crippen molar-refractivity contribution in [2.45, 2.75) is 32.1 Å². The number of hydrogen-bond donors (Lipinski definition) is 0. The van der Waals surface area contributed by atoms with Gasteiger partial charge < -0.3 is 4.74 Å². The van der Waals surface area contributed by atoms with Crippen molar-refractivity contribution in [2.75, 3.05) is 6.61 Å². The monoisotopic (exact) mass is 275 g/mol. The highest BCUT2D eigenvalue weighted by Gasteiger charge is 2.15. The van der Waals surface area contributed by atoms with Crippen LogP contribution in [0.5, 0.6) is 0 Å². The van der Waals surface area contributed by atoms with Gasteiger partial charge in [-0.1, -0.05) is 19.3 Å². The molecule has 1 aliphatic carbocycles. The van der Waals surface area contributed by atoms with E-state index in [1.165, 1.54) is 31.6 Å². The first kappa shape index (κ1) is 14.5. The summed E-state index contributed by atoms with van der Waals surface area (Å²) in [6.45, 7) is 0.688. The van der Waals surface area contributed by atoms with Crippen LogP contribution in [-0.2, 0) is 4.74 Å². The van der Waals surface area contributed by atoms with E-state index in [4.69, 9.17) is 17.0 Å². The lowest BCUT2D eigenvalue weighted by Gasteiger charge is -2.08. The molecule has 0 amide bonds. The maximum atomic E-state index is 5.49. The van der Waals surface area contributed by atoms with E-state index in [1.54, 1.807) is 23.3 Å². The normalized spacial score (nSPS) is 15.8. The minimum absolute atomic E-state index is 0.481. The van der Waals surface area contributed by atoms with Crippen LogP contribution < -0.4 is 0 Å². The highest BCUT2D eigenvalue weighted by Crippen LogP contribution is 2.27. The van der Waals surface area contributed by atoms with Crippen LogP contribution in [0.1, 0.15) is 32.1 Å². The lowest BCUT2D eigenvalue weighted by atomic mass is 9.99. The zero-order chi connectivity index (χ0) is 13.3. The summed E-state index contributed by atoms with van der Waals surface area (Å²) < 4.78 is 7.21. The Morgan fingerprint density at radius 2 is 1.95 bits per heavy atom. The molecule has 0 saturated heterocycles. The van der Waals surface area contributed by atoms with Crippen LogP contribution >= 0.6 is 12.2 Å². The second-order valence-electron chi connectivity index (χ2n) is 4.54. The van der Waals surface area contributed by atoms with Crippen LogP contribution in [-0.4, -0.2) is 21.3 Å². The van der Waals surface area contributed by atoms with Crippen LogP contribution in [0.4, 0.5) is 0 Å². The van der Waals surface area contributed by atoms with Crippen molar-refractivity contribution in [2.24, 2.45) is 0 Å². The summed E-state index contributed by atoms with van der Waals surface area (Å²) in [5.74, 6) is 1.44. The van der Waals surface area contributed by atoms with Crippen molar-refractivity contribution in [3.05, 3.63) is 50.3 Å². The van der Waals surface area contributed by atoms with Crippen molar-refractivity contribution in [3.8, 4) is 0 Å². The van der Waals surface area contributed by atoms with Crippen molar-refractivity contribution in [1.29, 1.82) is 0 Å². The van der Waals surface area contributed by atoms with E-state index in [-0.39, 0.29) is 0 Å². The van der Waals surface area contributed by atoms with Gasteiger partial charge in [0.25, 0.3) is 5.17 Å². The van der Waals surface area contributed by atoms with Gasteiger partial charge in [0.15, 0.2) is 0 Å². The Hall–Kier alpha value is -0.900. The fourth-order valence-corrected chi connectivity index (χ4v) is 2.16. The van der Waals surface area contributed by atoms with E-state index in [0.29, 0.717) is 11.8 Å². The molecule has 2 rings (SSSR count). The third kappa shape index (κ3) is 5.31. The summed E-state index contributed by atoms with van der Waals surface area (Å²) in [5.41, 5.74) is 0. The summed E-state index contributed by atoms with van der Waals surface area (Å²) in [7, 11) is 0. The van der Waals surface area contributed by atoms with Gasteiger partial charge in [-0.3, -0.25) is 4.57 Å². The summed E-state index contributed by atoms with van der Waals surface area (Å²) in [6, 6.07) is 0. The summed E-state index contributed by atoms with van der Waals surface area (Å²) in [4.78, 5) is 3.93. The molecule has 0 aliphatic heterocycles. The average molecular weight is 275 g/mol. The van der Waals surface area contributed by atoms with Crippen LogP contribution in [0.25, 0.3) is 0 Å². The molecular weight excluding hydrogens is 256 g/mol. The second-order valence-corrected chi connectivity index (χ2v) is 4.89. The molecule has 1 heterocycles. The van der Waals surface area contributed by atoms with Gasteiger partial charge >= 0.3 is 0 Å². The fraction of sp³-hybridized carbons (Fsp3) is 0.400. The molecule has 0 atom stereocenters. The van der Waals surface area contributed by atoms with Crippen molar-refractivity contribution < 1.29 is 4.74 Å². The molecule has 0 N–H and O–H groups in total. The third-order valence-corrected chi connectivity index (χ3v) is 3.36. The molecule has 1 aromatic rings. The Balaban J connectivity index is 1.43. The number of rotatable bonds is 7. The molecule has 1 aliphatic rings. The first-order chi connectivity index (χ1) is 9.36. The first-order valence-electron chi connectivity index (χ1n) is 6.72. The standard InChI is InChI=1S/C15H19N2OS/c19-15(17-11-10-16-13-17)18-12-6-2-1-3-7-14-8-4-5-9-14/h4-5,8-11,13H,1-3,6-7,12H2. The molecular formula is C15H19N2OS. The first-order valence-corrected chi connectivity index (χ1v) is 7.13. The van der Waals surface area contributed by atoms with Crippen LogP contribution in [0.3, 0.4) is 0 Å². The minimum Gasteiger partial charge on any atom is -0.470 e. The number of nitrogens with zero attached hydrogens (tertiary/aromatic N) is 2. The lowest BCUT2D eigenvalue weighted by molar-refractivity contribution is 0.288. The molecule has 0 aromatic carbocycles. The predicted octanol–water partition coefficient (Wildman–Crippen LogP) is 3.39. The molecule has 1 fully saturated rings. The van der Waals surface area contributed by atoms with E-state index in [2.05, 4.69) is 30.7 Å². The number of ether oxygens (including phenoxy) is 1. The van der Waals surface area contributed by atoms with Crippen LogP contribution in [0.2, 0.25) is 0 Å². The molecule has 1 aromatic heterocycles. The topological polar surface area (TPSA) is 27.1 Å². The Bertz CT molecular complexity index is 358. The largest absolute Gasteiger partial charge is 0.470 e. The van der Waals surface area contributed by atoms with Gasteiger partial charge in [0, 0.05) is 12.4 Å². The van der Waals surface area contributed by atoms with Crippen molar-refractivity contribution in [1.82, 2.24) is 9.55 Å². The van der Waals surface area contributed by atoms with Crippen LogP contribution in [0, 0.1) is 31.6 Å². The molecule has 1 saturated carbocycles. The number of aromatic nitrogens is 2. The molecule has 5 radical (unpaired) electrons. The van der Waals surface area contributed by atoms with Gasteiger partial charge in [-0.2, -0.15) is 0 Å². The van der Waals surface area contributed by atoms with Gasteiger partial charge in [-0.05, 0) is 56.7 Å². The van der Waals surface area contributed by atoms with E-state index < -0.39 is 0 Å². The van der Waals surface area contributed by atoms with Gasteiger partial charge in [0.2, 0.25) is 0 Å². The Morgan fingerprint density at radius 1 is 1.16 bits per heavy atom. The van der Waals surface area contributed by atoms with E-state index >= 15 is 0 Å². The van der Waals surface area contributed by atoms with Gasteiger partial charge in [-0.15, -0.1) is 0 Å². The third-order valence-electron chi connectivity index (χ3n) is 3.03. The zero-order valence-electron chi connectivity index (χ0n) is 11.0. The summed E-state index contributed by atoms with van der Waals surface area (Å²) in [6.07, 6.45) is 19.6. The molecule has 3 nitrogen and oxygen atoms in total. The Morgan fingerprint density at radius 3 is 2.68 bits per heavy atom. The van der Waals surface area contributed by atoms with Gasteiger partial charge in [-0.25, -0.2) is 4.98 Å². The Kier molecular flexibility index (Phi) is 6.34. The number of imidazole rings is 1. The van der Waals surface area contributed by atoms with E-state index in [0.717, 1.165) is 6.42 Å². The molecule has 0 bridgehead atoms. The second kappa shape index (κ2) is 8.31. The number of thiocarbonyl (C=S) groups is 1. The highest BCUT2D eigenvalue weighted by atomic mass is 32.1. The molecule has 0 unspecified atom stereocenters. The average Bonchev–Trinajstić information content (AvgIpc) is 3.10. The number of hydrogen-bond acceptors (Lipinski definition) is 3. The smallest absolute Gasteiger partial charge is 0.268 e. The predicted molar refractivity (Wildman–Crippen MR) is 79.7 cm³/mol. The molecule has 0 spiro atoms. The summed E-state index contributed by atoms with van der Waals surface area (Å²) >= 11 is 5.13. The zero-order valence-corrected chi connectivity index (χ0v) is 11.8. The molecule has 101 valence electrons. The molecule has 19 heavy (non-hydrogen) atoms. The minimum atomic E-state index is 0.481. The van der Waals surface area contributed by atoms with Crippen molar-refractivity contribution >= 4 is 17.4 Å². The SMILES string of the molecule is S=C(OCCCCCC[C]1[CH][CH][CH][CH]1)n1ccnc1. The highest BCUT2D eigenvalue weighted by molar-refractivity contribution is 7.80. The van der Waals surface area contributed by atoms with Gasteiger partial charge in [0.05, 0.1) is 6.61 Å². The van der Waals surface area contributed by atoms with Gasteiger partial charge in [0.1, 0.15) is 6.33 Å².